The Balaban J connectivity index is 0. The Labute approximate surface area is 240 Å². The first kappa shape index (κ1) is 40.0. The highest BCUT2D eigenvalue weighted by Crippen LogP contribution is 2.40. The third-order valence-electron chi connectivity index (χ3n) is 8.32. The van der Waals surface area contributed by atoms with Crippen molar-refractivity contribution in [3.05, 3.63) is 20.9 Å². The molecule has 2 aliphatic carbocycles. The summed E-state index contributed by atoms with van der Waals surface area (Å²) in [4.78, 5) is 5.76. The average molecular weight is 589 g/mol. The van der Waals surface area contributed by atoms with Gasteiger partial charge in [-0.2, -0.15) is 0 Å². The van der Waals surface area contributed by atoms with E-state index in [1.165, 1.54) is 0 Å². The smallest absolute Gasteiger partial charge is 0.192 e. The molecule has 2 saturated carbocycles. The molecule has 0 radical (unpaired) electrons. The molecule has 13 heteroatoms. The molecule has 0 heterocycles. The lowest BCUT2D eigenvalue weighted by molar-refractivity contribution is 0.118. The van der Waals surface area contributed by atoms with Crippen molar-refractivity contribution < 1.29 is 14.0 Å². The van der Waals surface area contributed by atoms with Gasteiger partial charge in [-0.1, -0.05) is 59.2 Å². The Morgan fingerprint density at radius 3 is 1.26 bits per heavy atom. The largest absolute Gasteiger partial charge is 0.414 e. The second-order valence-corrected chi connectivity index (χ2v) is 23.2. The number of rotatable bonds is 6. The molecule has 2 rings (SSSR count). The van der Waals surface area contributed by atoms with Crippen LogP contribution in [0.3, 0.4) is 0 Å². The summed E-state index contributed by atoms with van der Waals surface area (Å²) in [6, 6.07) is 0.162. The van der Waals surface area contributed by atoms with Crippen LogP contribution < -0.4 is 11.5 Å². The van der Waals surface area contributed by atoms with E-state index in [0.717, 1.165) is 26.4 Å². The molecule has 39 heavy (non-hydrogen) atoms. The lowest BCUT2D eigenvalue weighted by atomic mass is 9.90. The molecule has 6 atom stereocenters. The van der Waals surface area contributed by atoms with E-state index in [1.54, 1.807) is 0 Å². The van der Waals surface area contributed by atoms with Crippen LogP contribution in [0.5, 0.6) is 0 Å². The van der Waals surface area contributed by atoms with E-state index >= 15 is 0 Å². The fourth-order valence-corrected chi connectivity index (χ4v) is 7.04. The van der Waals surface area contributed by atoms with Crippen LogP contribution in [-0.2, 0) is 8.85 Å². The molecule has 0 aromatic carbocycles. The number of hydrogen-bond donors (Lipinski definition) is 3. The van der Waals surface area contributed by atoms with Gasteiger partial charge in [-0.05, 0) is 85.9 Å². The summed E-state index contributed by atoms with van der Waals surface area (Å²) >= 11 is 0. The Morgan fingerprint density at radius 1 is 0.667 bits per heavy atom. The summed E-state index contributed by atoms with van der Waals surface area (Å²) in [6.45, 7) is 22.4. The number of azide groups is 2. The van der Waals surface area contributed by atoms with Crippen molar-refractivity contribution in [2.45, 2.75) is 160 Å². The van der Waals surface area contributed by atoms with Crippen LogP contribution in [0.15, 0.2) is 10.2 Å². The molecule has 0 aromatic rings. The third-order valence-corrected chi connectivity index (χ3v) is 17.4. The summed E-state index contributed by atoms with van der Waals surface area (Å²) < 4.78 is 12.7. The lowest BCUT2D eigenvalue weighted by Gasteiger charge is -2.42. The van der Waals surface area contributed by atoms with Crippen molar-refractivity contribution >= 4 is 16.6 Å². The van der Waals surface area contributed by atoms with Gasteiger partial charge in [-0.15, -0.1) is 0 Å². The maximum atomic E-state index is 8.61. The Kier molecular flexibility index (Phi) is 17.4. The van der Waals surface area contributed by atoms with Gasteiger partial charge in [0.05, 0.1) is 0 Å². The average Bonchev–Trinajstić information content (AvgIpc) is 2.73. The predicted octanol–water partition coefficient (Wildman–Crippen LogP) is 7.38. The van der Waals surface area contributed by atoms with E-state index in [9.17, 15) is 0 Å². The minimum atomic E-state index is -1.87. The van der Waals surface area contributed by atoms with E-state index in [0.29, 0.717) is 19.3 Å². The molecule has 2 fully saturated rings. The highest BCUT2D eigenvalue weighted by molar-refractivity contribution is 6.74. The quantitative estimate of drug-likeness (QED) is 0.126. The third kappa shape index (κ3) is 13.9. The minimum Gasteiger partial charge on any atom is -0.414 e. The first-order valence-electron chi connectivity index (χ1n) is 13.7. The topological polar surface area (TPSA) is 188 Å². The molecule has 0 bridgehead atoms. The van der Waals surface area contributed by atoms with Crippen LogP contribution in [0.2, 0.25) is 36.3 Å². The zero-order valence-corrected chi connectivity index (χ0v) is 27.8. The van der Waals surface area contributed by atoms with Crippen molar-refractivity contribution in [3.63, 3.8) is 0 Å². The number of nitrogens with zero attached hydrogens (tertiary/aromatic N) is 6. The summed E-state index contributed by atoms with van der Waals surface area (Å²) in [6.07, 6.45) is 5.22. The lowest BCUT2D eigenvalue weighted by Crippen LogP contribution is -2.49. The number of aliphatic hydroxyl groups is 1. The molecule has 3 unspecified atom stereocenters. The van der Waals surface area contributed by atoms with Gasteiger partial charge in [0.2, 0.25) is 0 Å². The second-order valence-electron chi connectivity index (χ2n) is 13.7. The molecule has 0 saturated heterocycles. The van der Waals surface area contributed by atoms with Crippen molar-refractivity contribution in [3.8, 4) is 0 Å². The number of aliphatic hydroxyl groups excluding tert-OH is 1. The summed E-state index contributed by atoms with van der Waals surface area (Å²) in [5.74, 6) is 0. The molecule has 5 N–H and O–H groups in total. The van der Waals surface area contributed by atoms with Gasteiger partial charge in [-0.3, -0.25) is 0 Å². The van der Waals surface area contributed by atoms with E-state index in [2.05, 4.69) is 87.8 Å². The predicted molar refractivity (Wildman–Crippen MR) is 169 cm³/mol. The van der Waals surface area contributed by atoms with Crippen LogP contribution in [0.25, 0.3) is 20.9 Å². The summed E-state index contributed by atoms with van der Waals surface area (Å²) in [5, 5.41) is 15.0. The molecular weight excluding hydrogens is 529 g/mol. The zero-order chi connectivity index (χ0) is 29.9. The van der Waals surface area contributed by atoms with Crippen molar-refractivity contribution in [1.29, 1.82) is 0 Å². The van der Waals surface area contributed by atoms with E-state index < -0.39 is 16.6 Å². The van der Waals surface area contributed by atoms with Gasteiger partial charge in [-0.25, -0.2) is 0 Å². The summed E-state index contributed by atoms with van der Waals surface area (Å²) in [7, 11) is -2.53. The molecule has 0 spiro atoms. The van der Waals surface area contributed by atoms with Crippen molar-refractivity contribution in [2.24, 2.45) is 21.7 Å². The van der Waals surface area contributed by atoms with Crippen molar-refractivity contribution in [1.82, 2.24) is 0 Å². The van der Waals surface area contributed by atoms with Gasteiger partial charge in [0, 0.05) is 53.3 Å². The van der Waals surface area contributed by atoms with Gasteiger partial charge < -0.3 is 25.4 Å². The highest BCUT2D eigenvalue weighted by atomic mass is 28.4. The van der Waals surface area contributed by atoms with Crippen LogP contribution >= 0.6 is 0 Å². The van der Waals surface area contributed by atoms with Gasteiger partial charge in [0.1, 0.15) is 0 Å². The molecular formula is C26H60N8O3Si2. The number of hydrogen-bond acceptors (Lipinski definition) is 7. The monoisotopic (exact) mass is 588 g/mol. The van der Waals surface area contributed by atoms with E-state index in [1.807, 2.05) is 0 Å². The van der Waals surface area contributed by atoms with Gasteiger partial charge >= 0.3 is 0 Å². The van der Waals surface area contributed by atoms with Crippen LogP contribution in [0.1, 0.15) is 87.5 Å². The molecule has 2 aliphatic rings. The zero-order valence-electron chi connectivity index (χ0n) is 25.8. The van der Waals surface area contributed by atoms with Gasteiger partial charge in [0.25, 0.3) is 0 Å². The summed E-state index contributed by atoms with van der Waals surface area (Å²) in [5.41, 5.74) is 29.2. The van der Waals surface area contributed by atoms with Gasteiger partial charge in [0.15, 0.2) is 16.6 Å². The second kappa shape index (κ2) is 17.0. The van der Waals surface area contributed by atoms with Crippen LogP contribution in [0, 0.1) is 0 Å². The first-order valence-corrected chi connectivity index (χ1v) is 19.5. The minimum absolute atomic E-state index is 0. The highest BCUT2D eigenvalue weighted by Gasteiger charge is 2.42. The van der Waals surface area contributed by atoms with Crippen LogP contribution in [-0.4, -0.2) is 65.2 Å². The molecule has 0 aliphatic heterocycles. The molecule has 0 aromatic heterocycles. The maximum absolute atomic E-state index is 8.61. The SMILES string of the molecule is C.CC(C)(C)[Si](C)(C)OC1CC(N=[N+]=[N-])C[C@@H](N=[N+]=[N-])C1.CC(C)(C)[Si](C)(C)OC1C[C@@H](N)C[C@@H](N)C1.CO. The molecule has 0 amide bonds. The first-order chi connectivity index (χ1) is 17.3. The van der Waals surface area contributed by atoms with Crippen molar-refractivity contribution in [2.75, 3.05) is 7.11 Å². The molecule has 230 valence electrons. The fourth-order valence-electron chi connectivity index (χ4n) is 4.28. The molecule has 11 nitrogen and oxygen atoms in total. The Morgan fingerprint density at radius 2 is 0.974 bits per heavy atom. The maximum Gasteiger partial charge on any atom is 0.192 e. The van der Waals surface area contributed by atoms with E-state index in [4.69, 9.17) is 36.5 Å². The standard InChI is InChI=1S/C12H24N6OSi.C12H28N2OSi.CH4O.CH4/c1-12(2,3)20(4,5)19-11-7-9(15-17-13)6-10(8-11)16-18-14;1-12(2,3)16(4,5)15-11-7-9(13)6-10(14)8-11;1-2;/h9-11H,6-8H2,1-5H3;9-11H,6-8,13-14H2,1-5H3;2H,1H3;1H4/t9-,10?,11?;9-,10+,11?;;/m1.../s1. The van der Waals surface area contributed by atoms with Crippen LogP contribution in [0.4, 0.5) is 0 Å². The Hall–Kier alpha value is -1.15. The fraction of sp³-hybridized carbons (Fsp3) is 1.00. The Bertz CT molecular complexity index is 768. The van der Waals surface area contributed by atoms with E-state index in [-0.39, 0.29) is 53.9 Å². The normalized spacial score (nSPS) is 27.6. The number of nitrogens with two attached hydrogens (primary N) is 2.